The van der Waals surface area contributed by atoms with Crippen molar-refractivity contribution in [3.8, 4) is 0 Å². The van der Waals surface area contributed by atoms with Crippen LogP contribution in [0, 0.1) is 0 Å². The maximum atomic E-state index is 12.3. The molecule has 1 aliphatic heterocycles. The molecular weight excluding hydrogens is 338 g/mol. The van der Waals surface area contributed by atoms with Gasteiger partial charge < -0.3 is 11.1 Å². The first-order chi connectivity index (χ1) is 10.1. The molecule has 0 bridgehead atoms. The van der Waals surface area contributed by atoms with Crippen LogP contribution in [-0.4, -0.2) is 39.2 Å². The fraction of sp³-hybridized carbons (Fsp3) is 0.533. The Balaban J connectivity index is 0.00000264. The summed E-state index contributed by atoms with van der Waals surface area (Å²) in [5.74, 6) is -0.199. The fourth-order valence-corrected chi connectivity index (χ4v) is 3.48. The monoisotopic (exact) mass is 361 g/mol. The first kappa shape index (κ1) is 19.7. The van der Waals surface area contributed by atoms with E-state index >= 15 is 0 Å². The number of aryl methyl sites for hydroxylation is 1. The molecule has 3 N–H and O–H groups in total. The average molecular weight is 362 g/mol. The molecule has 0 saturated heterocycles. The Kier molecular flexibility index (Phi) is 6.06. The Bertz CT molecular complexity index is 689. The summed E-state index contributed by atoms with van der Waals surface area (Å²) in [7, 11) is -3.29. The largest absolute Gasteiger partial charge is 0.346 e. The number of benzene rings is 1. The highest BCUT2D eigenvalue weighted by atomic mass is 35.5. The van der Waals surface area contributed by atoms with Crippen LogP contribution in [0.4, 0.5) is 5.69 Å². The lowest BCUT2D eigenvalue weighted by Gasteiger charge is -2.30. The smallest absolute Gasteiger partial charge is 0.251 e. The Morgan fingerprint density at radius 3 is 2.61 bits per heavy atom. The fourth-order valence-electron chi connectivity index (χ4n) is 2.48. The normalized spacial score (nSPS) is 14.7. The summed E-state index contributed by atoms with van der Waals surface area (Å²) in [4.78, 5) is 12.3. The molecule has 0 spiro atoms. The molecule has 1 aromatic rings. The summed E-state index contributed by atoms with van der Waals surface area (Å²) in [5, 5.41) is 2.87. The SMILES string of the molecule is CC(C)(CN)NC(=O)c1ccc2c(c1)CCCN2S(C)(=O)=O.Cl. The number of nitrogens with one attached hydrogen (secondary N) is 1. The third-order valence-corrected chi connectivity index (χ3v) is 4.96. The number of rotatable bonds is 4. The number of hydrogen-bond acceptors (Lipinski definition) is 4. The van der Waals surface area contributed by atoms with Crippen LogP contribution in [0.5, 0.6) is 0 Å². The van der Waals surface area contributed by atoms with Gasteiger partial charge in [0.1, 0.15) is 0 Å². The molecule has 8 heteroatoms. The van der Waals surface area contributed by atoms with Crippen molar-refractivity contribution in [3.05, 3.63) is 29.3 Å². The van der Waals surface area contributed by atoms with E-state index in [1.165, 1.54) is 10.6 Å². The van der Waals surface area contributed by atoms with Crippen molar-refractivity contribution in [3.63, 3.8) is 0 Å². The van der Waals surface area contributed by atoms with Crippen LogP contribution in [0.1, 0.15) is 36.2 Å². The topological polar surface area (TPSA) is 92.5 Å². The van der Waals surface area contributed by atoms with E-state index in [1.54, 1.807) is 18.2 Å². The second-order valence-corrected chi connectivity index (χ2v) is 8.23. The highest BCUT2D eigenvalue weighted by Gasteiger charge is 2.25. The van der Waals surface area contributed by atoms with Gasteiger partial charge in [-0.1, -0.05) is 0 Å². The van der Waals surface area contributed by atoms with Crippen LogP contribution in [0.3, 0.4) is 0 Å². The standard InChI is InChI=1S/C15H23N3O3S.ClH/c1-15(2,10-16)17-14(19)12-6-7-13-11(9-12)5-4-8-18(13)22(3,20)21;/h6-7,9H,4-5,8,10,16H2,1-3H3,(H,17,19);1H. The number of carbonyl (C=O) groups is 1. The molecule has 23 heavy (non-hydrogen) atoms. The molecule has 6 nitrogen and oxygen atoms in total. The molecular formula is C15H24ClN3O3S. The van der Waals surface area contributed by atoms with E-state index in [2.05, 4.69) is 5.32 Å². The summed E-state index contributed by atoms with van der Waals surface area (Å²) >= 11 is 0. The van der Waals surface area contributed by atoms with E-state index in [9.17, 15) is 13.2 Å². The Hall–Kier alpha value is -1.31. The van der Waals surface area contributed by atoms with Gasteiger partial charge in [-0.15, -0.1) is 12.4 Å². The lowest BCUT2D eigenvalue weighted by Crippen LogP contribution is -2.48. The minimum atomic E-state index is -3.29. The van der Waals surface area contributed by atoms with Crippen molar-refractivity contribution in [1.82, 2.24) is 5.32 Å². The third kappa shape index (κ3) is 4.59. The minimum Gasteiger partial charge on any atom is -0.346 e. The van der Waals surface area contributed by atoms with Crippen molar-refractivity contribution in [2.24, 2.45) is 5.73 Å². The highest BCUT2D eigenvalue weighted by Crippen LogP contribution is 2.29. The van der Waals surface area contributed by atoms with Gasteiger partial charge in [-0.3, -0.25) is 9.10 Å². The predicted molar refractivity (Wildman–Crippen MR) is 94.8 cm³/mol. The van der Waals surface area contributed by atoms with Gasteiger partial charge in [0.05, 0.1) is 11.9 Å². The third-order valence-electron chi connectivity index (χ3n) is 3.78. The summed E-state index contributed by atoms with van der Waals surface area (Å²) in [6, 6.07) is 5.14. The van der Waals surface area contributed by atoms with Gasteiger partial charge in [0, 0.05) is 24.2 Å². The van der Waals surface area contributed by atoms with Crippen LogP contribution in [0.25, 0.3) is 0 Å². The van der Waals surface area contributed by atoms with Gasteiger partial charge in [-0.2, -0.15) is 0 Å². The number of fused-ring (bicyclic) bond motifs is 1. The number of halogens is 1. The molecule has 0 fully saturated rings. The number of nitrogens with zero attached hydrogens (tertiary/aromatic N) is 1. The van der Waals surface area contributed by atoms with Gasteiger partial charge in [0.25, 0.3) is 5.91 Å². The lowest BCUT2D eigenvalue weighted by molar-refractivity contribution is 0.0915. The van der Waals surface area contributed by atoms with E-state index in [-0.39, 0.29) is 18.3 Å². The van der Waals surface area contributed by atoms with Crippen LogP contribution in [-0.2, 0) is 16.4 Å². The Labute approximate surface area is 143 Å². The molecule has 1 heterocycles. The molecule has 0 radical (unpaired) electrons. The first-order valence-electron chi connectivity index (χ1n) is 7.27. The lowest BCUT2D eigenvalue weighted by atomic mass is 9.99. The maximum absolute atomic E-state index is 12.3. The van der Waals surface area contributed by atoms with Crippen LogP contribution in [0.15, 0.2) is 18.2 Å². The number of sulfonamides is 1. The van der Waals surface area contributed by atoms with Gasteiger partial charge in [-0.25, -0.2) is 8.42 Å². The molecule has 1 aliphatic rings. The molecule has 0 saturated carbocycles. The predicted octanol–water partition coefficient (Wildman–Crippen LogP) is 1.29. The van der Waals surface area contributed by atoms with Crippen LogP contribution in [0.2, 0.25) is 0 Å². The van der Waals surface area contributed by atoms with Crippen molar-refractivity contribution in [2.45, 2.75) is 32.2 Å². The zero-order valence-electron chi connectivity index (χ0n) is 13.6. The summed E-state index contributed by atoms with van der Waals surface area (Å²) in [6.07, 6.45) is 2.72. The molecule has 0 aromatic heterocycles. The maximum Gasteiger partial charge on any atom is 0.251 e. The van der Waals surface area contributed by atoms with Gasteiger partial charge in [0.2, 0.25) is 10.0 Å². The summed E-state index contributed by atoms with van der Waals surface area (Å²) in [6.45, 7) is 4.53. The molecule has 1 amide bonds. The van der Waals surface area contributed by atoms with Crippen molar-refractivity contribution in [1.29, 1.82) is 0 Å². The Morgan fingerprint density at radius 1 is 1.39 bits per heavy atom. The van der Waals surface area contributed by atoms with Gasteiger partial charge in [0.15, 0.2) is 0 Å². The second-order valence-electron chi connectivity index (χ2n) is 6.32. The van der Waals surface area contributed by atoms with Crippen LogP contribution < -0.4 is 15.4 Å². The van der Waals surface area contributed by atoms with Gasteiger partial charge in [-0.05, 0) is 50.5 Å². The zero-order chi connectivity index (χ0) is 16.5. The zero-order valence-corrected chi connectivity index (χ0v) is 15.3. The van der Waals surface area contributed by atoms with E-state index in [1.807, 2.05) is 13.8 Å². The number of hydrogen-bond donors (Lipinski definition) is 2. The average Bonchev–Trinajstić information content (AvgIpc) is 2.44. The Morgan fingerprint density at radius 2 is 2.04 bits per heavy atom. The number of amides is 1. The highest BCUT2D eigenvalue weighted by molar-refractivity contribution is 7.92. The van der Waals surface area contributed by atoms with Crippen molar-refractivity contribution in [2.75, 3.05) is 23.7 Å². The number of carbonyl (C=O) groups excluding carboxylic acids is 1. The molecule has 0 unspecified atom stereocenters. The minimum absolute atomic E-state index is 0. The molecule has 1 aromatic carbocycles. The number of anilines is 1. The van der Waals surface area contributed by atoms with Crippen molar-refractivity contribution >= 4 is 34.0 Å². The van der Waals surface area contributed by atoms with E-state index in [0.717, 1.165) is 18.4 Å². The molecule has 2 rings (SSSR count). The van der Waals surface area contributed by atoms with E-state index in [4.69, 9.17) is 5.73 Å². The van der Waals surface area contributed by atoms with Gasteiger partial charge >= 0.3 is 0 Å². The quantitative estimate of drug-likeness (QED) is 0.845. The van der Waals surface area contributed by atoms with Crippen molar-refractivity contribution < 1.29 is 13.2 Å². The molecule has 130 valence electrons. The number of nitrogens with two attached hydrogens (primary N) is 1. The van der Waals surface area contributed by atoms with E-state index in [0.29, 0.717) is 24.3 Å². The molecule has 0 atom stereocenters. The van der Waals surface area contributed by atoms with Crippen LogP contribution >= 0.6 is 12.4 Å². The first-order valence-corrected chi connectivity index (χ1v) is 9.12. The molecule has 0 aliphatic carbocycles. The summed E-state index contributed by atoms with van der Waals surface area (Å²) < 4.78 is 25.1. The second kappa shape index (κ2) is 7.07. The van der Waals surface area contributed by atoms with E-state index < -0.39 is 15.6 Å². The summed E-state index contributed by atoms with van der Waals surface area (Å²) in [5.41, 5.74) is 7.22.